The van der Waals surface area contributed by atoms with Gasteiger partial charge in [0, 0.05) is 25.4 Å². The van der Waals surface area contributed by atoms with Crippen molar-refractivity contribution in [3.8, 4) is 11.5 Å². The molecule has 0 radical (unpaired) electrons. The van der Waals surface area contributed by atoms with Crippen molar-refractivity contribution in [2.45, 2.75) is 71.9 Å². The number of benzene rings is 1. The molecule has 7 unspecified atom stereocenters. The number of hydrogen-bond donors (Lipinski definition) is 3. The first kappa shape index (κ1) is 26.3. The summed E-state index contributed by atoms with van der Waals surface area (Å²) in [5.74, 6) is 1.18. The monoisotopic (exact) mass is 474 g/mol. The van der Waals surface area contributed by atoms with Gasteiger partial charge in [0.15, 0.2) is 11.5 Å². The van der Waals surface area contributed by atoms with Crippen molar-refractivity contribution >= 4 is 11.8 Å². The van der Waals surface area contributed by atoms with Crippen molar-refractivity contribution in [3.05, 3.63) is 23.8 Å². The van der Waals surface area contributed by atoms with E-state index in [4.69, 9.17) is 9.47 Å². The molecule has 2 fully saturated rings. The quantitative estimate of drug-likeness (QED) is 0.537. The Morgan fingerprint density at radius 3 is 2.50 bits per heavy atom. The molecule has 2 saturated carbocycles. The van der Waals surface area contributed by atoms with Gasteiger partial charge in [-0.25, -0.2) is 0 Å². The molecule has 0 heterocycles. The average molecular weight is 475 g/mol. The number of ether oxygens (including phenoxy) is 2. The van der Waals surface area contributed by atoms with Crippen LogP contribution < -0.4 is 20.1 Å². The molecule has 1 aromatic rings. The fourth-order valence-electron chi connectivity index (χ4n) is 6.48. The maximum Gasteiger partial charge on any atom is 0.223 e. The molecule has 7 heteroatoms. The van der Waals surface area contributed by atoms with Gasteiger partial charge in [0.25, 0.3) is 0 Å². The minimum absolute atomic E-state index is 0.0185. The Hall–Kier alpha value is -2.28. The Morgan fingerprint density at radius 2 is 1.85 bits per heavy atom. The van der Waals surface area contributed by atoms with E-state index in [1.807, 2.05) is 25.1 Å². The summed E-state index contributed by atoms with van der Waals surface area (Å²) in [7, 11) is 3.21. The fraction of sp³-hybridized carbons (Fsp3) is 0.704. The van der Waals surface area contributed by atoms with E-state index in [0.717, 1.165) is 31.2 Å². The zero-order valence-electron chi connectivity index (χ0n) is 21.5. The van der Waals surface area contributed by atoms with Crippen molar-refractivity contribution in [1.82, 2.24) is 10.6 Å². The zero-order valence-corrected chi connectivity index (χ0v) is 21.5. The van der Waals surface area contributed by atoms with Crippen LogP contribution in [0.25, 0.3) is 0 Å². The van der Waals surface area contributed by atoms with Crippen LogP contribution >= 0.6 is 0 Å². The first-order chi connectivity index (χ1) is 16.1. The maximum absolute atomic E-state index is 13.0. The minimum atomic E-state index is -0.558. The van der Waals surface area contributed by atoms with Crippen molar-refractivity contribution in [2.24, 2.45) is 29.1 Å². The summed E-state index contributed by atoms with van der Waals surface area (Å²) in [5, 5.41) is 17.6. The molecule has 3 N–H and O–H groups in total. The van der Waals surface area contributed by atoms with Gasteiger partial charge in [-0.05, 0) is 73.0 Å². The lowest BCUT2D eigenvalue weighted by molar-refractivity contribution is -0.143. The summed E-state index contributed by atoms with van der Waals surface area (Å²) in [6, 6.07) is 5.84. The molecule has 3 rings (SSSR count). The van der Waals surface area contributed by atoms with E-state index in [1.165, 1.54) is 0 Å². The Morgan fingerprint density at radius 1 is 1.18 bits per heavy atom. The maximum atomic E-state index is 13.0. The zero-order chi connectivity index (χ0) is 25.0. The SMILES string of the molecule is COc1ccc(CCNC(=O)C(C)C2CCC3(C)CCC(NC(C)=O)C(C)C3C2O)cc1OC. The number of amides is 2. The van der Waals surface area contributed by atoms with Crippen molar-refractivity contribution in [1.29, 1.82) is 0 Å². The van der Waals surface area contributed by atoms with Crippen LogP contribution in [0.15, 0.2) is 18.2 Å². The summed E-state index contributed by atoms with van der Waals surface area (Å²) >= 11 is 0. The van der Waals surface area contributed by atoms with Gasteiger partial charge in [0.1, 0.15) is 0 Å². The van der Waals surface area contributed by atoms with E-state index < -0.39 is 6.10 Å². The summed E-state index contributed by atoms with van der Waals surface area (Å²) in [5.41, 5.74) is 1.10. The molecule has 0 bridgehead atoms. The number of hydrogen-bond acceptors (Lipinski definition) is 5. The Bertz CT molecular complexity index is 875. The fourth-order valence-corrected chi connectivity index (χ4v) is 6.48. The highest BCUT2D eigenvalue weighted by Crippen LogP contribution is 2.55. The first-order valence-electron chi connectivity index (χ1n) is 12.5. The topological polar surface area (TPSA) is 96.9 Å². The number of carbonyl (C=O) groups is 2. The minimum Gasteiger partial charge on any atom is -0.493 e. The molecule has 34 heavy (non-hydrogen) atoms. The third-order valence-electron chi connectivity index (χ3n) is 8.49. The molecule has 0 aliphatic heterocycles. The second-order valence-electron chi connectivity index (χ2n) is 10.6. The summed E-state index contributed by atoms with van der Waals surface area (Å²) in [6.07, 6.45) is 3.90. The van der Waals surface area contributed by atoms with Crippen molar-refractivity contribution in [3.63, 3.8) is 0 Å². The van der Waals surface area contributed by atoms with E-state index in [2.05, 4.69) is 24.5 Å². The first-order valence-corrected chi connectivity index (χ1v) is 12.5. The number of methoxy groups -OCH3 is 2. The van der Waals surface area contributed by atoms with E-state index in [1.54, 1.807) is 21.1 Å². The number of fused-ring (bicyclic) bond motifs is 1. The van der Waals surface area contributed by atoms with Gasteiger partial charge in [-0.2, -0.15) is 0 Å². The molecule has 0 spiro atoms. The van der Waals surface area contributed by atoms with E-state index in [0.29, 0.717) is 24.5 Å². The highest BCUT2D eigenvalue weighted by atomic mass is 16.5. The number of aliphatic hydroxyl groups is 1. The molecule has 0 saturated heterocycles. The summed E-state index contributed by atoms with van der Waals surface area (Å²) in [6.45, 7) is 8.41. The van der Waals surface area contributed by atoms with Crippen LogP contribution in [0.4, 0.5) is 0 Å². The highest BCUT2D eigenvalue weighted by molar-refractivity contribution is 5.78. The predicted octanol–water partition coefficient (Wildman–Crippen LogP) is 3.33. The molecule has 7 atom stereocenters. The molecule has 1 aromatic carbocycles. The van der Waals surface area contributed by atoms with Gasteiger partial charge in [0.2, 0.25) is 11.8 Å². The van der Waals surface area contributed by atoms with Gasteiger partial charge in [-0.1, -0.05) is 26.8 Å². The lowest BCUT2D eigenvalue weighted by Gasteiger charge is -2.56. The molecule has 2 aliphatic carbocycles. The molecule has 2 aliphatic rings. The lowest BCUT2D eigenvalue weighted by atomic mass is 9.51. The van der Waals surface area contributed by atoms with Gasteiger partial charge in [-0.3, -0.25) is 9.59 Å². The third kappa shape index (κ3) is 5.51. The molecule has 0 aromatic heterocycles. The third-order valence-corrected chi connectivity index (χ3v) is 8.49. The number of rotatable bonds is 8. The lowest BCUT2D eigenvalue weighted by Crippen LogP contribution is -2.58. The van der Waals surface area contributed by atoms with Crippen LogP contribution in [0.3, 0.4) is 0 Å². The molecule has 7 nitrogen and oxygen atoms in total. The Labute approximate surface area is 204 Å². The largest absolute Gasteiger partial charge is 0.493 e. The van der Waals surface area contributed by atoms with Crippen LogP contribution in [-0.2, 0) is 16.0 Å². The predicted molar refractivity (Wildman–Crippen MR) is 132 cm³/mol. The number of aliphatic hydroxyl groups excluding tert-OH is 1. The molecule has 190 valence electrons. The average Bonchev–Trinajstić information content (AvgIpc) is 2.80. The van der Waals surface area contributed by atoms with Gasteiger partial charge in [-0.15, -0.1) is 0 Å². The molecule has 2 amide bonds. The van der Waals surface area contributed by atoms with E-state index in [9.17, 15) is 14.7 Å². The molecular weight excluding hydrogens is 432 g/mol. The Kier molecular flexibility index (Phi) is 8.50. The van der Waals surface area contributed by atoms with E-state index in [-0.39, 0.29) is 46.9 Å². The van der Waals surface area contributed by atoms with Crippen LogP contribution in [0.1, 0.15) is 58.9 Å². The second kappa shape index (κ2) is 11.0. The number of carbonyl (C=O) groups excluding carboxylic acids is 2. The van der Waals surface area contributed by atoms with Crippen LogP contribution in [0.2, 0.25) is 0 Å². The highest BCUT2D eigenvalue weighted by Gasteiger charge is 2.53. The molecular formula is C27H42N2O5. The van der Waals surface area contributed by atoms with Gasteiger partial charge < -0.3 is 25.2 Å². The number of nitrogens with one attached hydrogen (secondary N) is 2. The van der Waals surface area contributed by atoms with Gasteiger partial charge in [0.05, 0.1) is 20.3 Å². The smallest absolute Gasteiger partial charge is 0.223 e. The van der Waals surface area contributed by atoms with Gasteiger partial charge >= 0.3 is 0 Å². The summed E-state index contributed by atoms with van der Waals surface area (Å²) in [4.78, 5) is 24.7. The Balaban J connectivity index is 1.60. The normalized spacial score (nSPS) is 31.7. The second-order valence-corrected chi connectivity index (χ2v) is 10.6. The van der Waals surface area contributed by atoms with Crippen molar-refractivity contribution in [2.75, 3.05) is 20.8 Å². The van der Waals surface area contributed by atoms with Crippen molar-refractivity contribution < 1.29 is 24.2 Å². The standard InChI is InChI=1S/C27H42N2O5/c1-16(26(32)28-14-11-19-7-8-22(33-5)23(15-19)34-6)20-9-12-27(4)13-10-21(29-18(3)30)17(2)24(27)25(20)31/h7-8,15-17,20-21,24-25,31H,9-14H2,1-6H3,(H,28,32)(H,29,30). The summed E-state index contributed by atoms with van der Waals surface area (Å²) < 4.78 is 10.6. The van der Waals surface area contributed by atoms with E-state index >= 15 is 0 Å². The van der Waals surface area contributed by atoms with Crippen LogP contribution in [0.5, 0.6) is 11.5 Å². The van der Waals surface area contributed by atoms with Crippen LogP contribution in [-0.4, -0.2) is 49.8 Å². The van der Waals surface area contributed by atoms with Crippen LogP contribution in [0, 0.1) is 29.1 Å².